The smallest absolute Gasteiger partial charge is 0.263 e. The summed E-state index contributed by atoms with van der Waals surface area (Å²) in [6.07, 6.45) is 1.89. The van der Waals surface area contributed by atoms with Gasteiger partial charge in [0.05, 0.1) is 17.2 Å². The van der Waals surface area contributed by atoms with Gasteiger partial charge in [-0.05, 0) is 36.3 Å². The van der Waals surface area contributed by atoms with Crippen molar-refractivity contribution in [1.82, 2.24) is 0 Å². The summed E-state index contributed by atoms with van der Waals surface area (Å²) in [7, 11) is -3.69. The number of sulfonamides is 1. The third kappa shape index (κ3) is 3.01. The van der Waals surface area contributed by atoms with Gasteiger partial charge in [-0.25, -0.2) is 8.42 Å². The van der Waals surface area contributed by atoms with Crippen molar-refractivity contribution in [3.05, 3.63) is 40.1 Å². The van der Waals surface area contributed by atoms with E-state index in [2.05, 4.69) is 4.72 Å². The number of anilines is 1. The fourth-order valence-corrected chi connectivity index (χ4v) is 5.24. The Morgan fingerprint density at radius 3 is 2.70 bits per heavy atom. The van der Waals surface area contributed by atoms with Crippen molar-refractivity contribution >= 4 is 38.8 Å². The molecule has 2 aromatic rings. The molecule has 0 aliphatic rings. The fourth-order valence-electron chi connectivity index (χ4n) is 1.88. The van der Waals surface area contributed by atoms with Gasteiger partial charge in [0, 0.05) is 4.90 Å². The lowest BCUT2D eigenvalue weighted by molar-refractivity contribution is 0.282. The Kier molecular flexibility index (Phi) is 4.74. The van der Waals surface area contributed by atoms with Crippen LogP contribution in [0, 0.1) is 6.92 Å². The molecule has 1 aromatic heterocycles. The normalized spacial score (nSPS) is 11.6. The number of aliphatic hydroxyl groups excluding tert-OH is 1. The van der Waals surface area contributed by atoms with E-state index < -0.39 is 10.0 Å². The average molecular weight is 329 g/mol. The number of hydrogen-bond donors (Lipinski definition) is 2. The molecule has 108 valence electrons. The maximum absolute atomic E-state index is 12.5. The molecule has 1 heterocycles. The van der Waals surface area contributed by atoms with Crippen molar-refractivity contribution in [2.75, 3.05) is 11.0 Å². The highest BCUT2D eigenvalue weighted by atomic mass is 32.2. The van der Waals surface area contributed by atoms with Gasteiger partial charge in [0.2, 0.25) is 0 Å². The summed E-state index contributed by atoms with van der Waals surface area (Å²) in [5.41, 5.74) is 1.20. The van der Waals surface area contributed by atoms with Crippen LogP contribution in [-0.4, -0.2) is 19.8 Å². The second-order valence-corrected chi connectivity index (χ2v) is 7.57. The molecule has 0 saturated carbocycles. The maximum atomic E-state index is 12.5. The van der Waals surface area contributed by atoms with E-state index in [1.807, 2.05) is 18.4 Å². The molecule has 4 nitrogen and oxygen atoms in total. The van der Waals surface area contributed by atoms with Gasteiger partial charge in [-0.3, -0.25) is 4.72 Å². The topological polar surface area (TPSA) is 66.4 Å². The number of aliphatic hydroxyl groups is 1. The zero-order chi connectivity index (χ0) is 14.8. The lowest BCUT2D eigenvalue weighted by Crippen LogP contribution is -2.15. The minimum absolute atomic E-state index is 0.181. The second-order valence-electron chi connectivity index (χ2n) is 4.13. The molecule has 7 heteroatoms. The molecule has 0 fully saturated rings. The summed E-state index contributed by atoms with van der Waals surface area (Å²) in [5.74, 6) is 0. The summed E-state index contributed by atoms with van der Waals surface area (Å²) >= 11 is 2.72. The first-order valence-corrected chi connectivity index (χ1v) is 9.42. The molecule has 0 aliphatic heterocycles. The molecule has 20 heavy (non-hydrogen) atoms. The van der Waals surface area contributed by atoms with Gasteiger partial charge in [-0.15, -0.1) is 23.1 Å². The quantitative estimate of drug-likeness (QED) is 0.827. The zero-order valence-corrected chi connectivity index (χ0v) is 13.5. The maximum Gasteiger partial charge on any atom is 0.263 e. The summed E-state index contributed by atoms with van der Waals surface area (Å²) in [6.45, 7) is 1.45. The van der Waals surface area contributed by atoms with E-state index in [1.54, 1.807) is 24.4 Å². The first-order chi connectivity index (χ1) is 9.49. The first kappa shape index (κ1) is 15.4. The molecule has 1 aromatic carbocycles. The van der Waals surface area contributed by atoms with Crippen LogP contribution in [0.2, 0.25) is 0 Å². The highest BCUT2D eigenvalue weighted by Crippen LogP contribution is 2.31. The summed E-state index contributed by atoms with van der Waals surface area (Å²) < 4.78 is 27.6. The molecule has 0 aliphatic carbocycles. The number of thiophene rings is 1. The predicted molar refractivity (Wildman–Crippen MR) is 84.0 cm³/mol. The molecule has 0 saturated heterocycles. The lowest BCUT2D eigenvalue weighted by Gasteiger charge is -2.12. The zero-order valence-electron chi connectivity index (χ0n) is 11.1. The highest BCUT2D eigenvalue weighted by molar-refractivity contribution is 7.99. The van der Waals surface area contributed by atoms with Crippen LogP contribution in [0.4, 0.5) is 5.69 Å². The van der Waals surface area contributed by atoms with Crippen LogP contribution in [0.25, 0.3) is 0 Å². The standard InChI is InChI=1S/C13H15NO3S3/c1-9-8-19-12(7-15)13(9)20(16,17)14-10-5-3-4-6-11(10)18-2/h3-6,8,14-15H,7H2,1-2H3. The van der Waals surface area contributed by atoms with Crippen LogP contribution >= 0.6 is 23.1 Å². The number of aryl methyl sites for hydroxylation is 1. The van der Waals surface area contributed by atoms with E-state index in [9.17, 15) is 13.5 Å². The van der Waals surface area contributed by atoms with Gasteiger partial charge in [-0.2, -0.15) is 0 Å². The Balaban J connectivity index is 2.44. The number of thioether (sulfide) groups is 1. The predicted octanol–water partition coefficient (Wildman–Crippen LogP) is 3.07. The summed E-state index contributed by atoms with van der Waals surface area (Å²) in [6, 6.07) is 7.23. The molecule has 0 unspecified atom stereocenters. The largest absolute Gasteiger partial charge is 0.391 e. The van der Waals surface area contributed by atoms with Gasteiger partial charge >= 0.3 is 0 Å². The van der Waals surface area contributed by atoms with Gasteiger partial charge in [0.15, 0.2) is 0 Å². The molecular formula is C13H15NO3S3. The minimum Gasteiger partial charge on any atom is -0.391 e. The monoisotopic (exact) mass is 329 g/mol. The number of para-hydroxylation sites is 1. The first-order valence-electron chi connectivity index (χ1n) is 5.83. The lowest BCUT2D eigenvalue weighted by atomic mass is 10.3. The van der Waals surface area contributed by atoms with Crippen molar-refractivity contribution in [1.29, 1.82) is 0 Å². The van der Waals surface area contributed by atoms with Gasteiger partial charge < -0.3 is 5.11 Å². The molecule has 2 N–H and O–H groups in total. The van der Waals surface area contributed by atoms with Gasteiger partial charge in [0.25, 0.3) is 10.0 Å². The van der Waals surface area contributed by atoms with E-state index in [1.165, 1.54) is 23.1 Å². The molecule has 0 amide bonds. The number of benzene rings is 1. The van der Waals surface area contributed by atoms with E-state index in [-0.39, 0.29) is 11.5 Å². The van der Waals surface area contributed by atoms with Crippen molar-refractivity contribution < 1.29 is 13.5 Å². The van der Waals surface area contributed by atoms with Crippen molar-refractivity contribution in [2.45, 2.75) is 23.3 Å². The van der Waals surface area contributed by atoms with Crippen molar-refractivity contribution in [3.63, 3.8) is 0 Å². The van der Waals surface area contributed by atoms with Crippen LogP contribution in [0.15, 0.2) is 39.4 Å². The van der Waals surface area contributed by atoms with Crippen LogP contribution < -0.4 is 4.72 Å². The third-order valence-corrected chi connectivity index (χ3v) is 6.36. The van der Waals surface area contributed by atoms with E-state index in [0.717, 1.165) is 4.90 Å². The Labute approximate surface area is 126 Å². The fraction of sp³-hybridized carbons (Fsp3) is 0.231. The SMILES string of the molecule is CSc1ccccc1NS(=O)(=O)c1c(C)csc1CO. The molecule has 0 bridgehead atoms. The highest BCUT2D eigenvalue weighted by Gasteiger charge is 2.23. The molecule has 0 spiro atoms. The molecule has 0 atom stereocenters. The van der Waals surface area contributed by atoms with Gasteiger partial charge in [-0.1, -0.05) is 12.1 Å². The summed E-state index contributed by atoms with van der Waals surface area (Å²) in [5, 5.41) is 11.0. The third-order valence-electron chi connectivity index (χ3n) is 2.75. The Morgan fingerprint density at radius 2 is 2.05 bits per heavy atom. The van der Waals surface area contributed by atoms with Gasteiger partial charge in [0.1, 0.15) is 4.90 Å². The summed E-state index contributed by atoms with van der Waals surface area (Å²) in [4.78, 5) is 1.49. The van der Waals surface area contributed by atoms with Crippen LogP contribution in [-0.2, 0) is 16.6 Å². The number of hydrogen-bond acceptors (Lipinski definition) is 5. The Hall–Kier alpha value is -1.02. The average Bonchev–Trinajstić information content (AvgIpc) is 2.81. The van der Waals surface area contributed by atoms with Crippen LogP contribution in [0.5, 0.6) is 0 Å². The molecule has 0 radical (unpaired) electrons. The van der Waals surface area contributed by atoms with Crippen LogP contribution in [0.3, 0.4) is 0 Å². The molecular weight excluding hydrogens is 314 g/mol. The van der Waals surface area contributed by atoms with Crippen molar-refractivity contribution in [3.8, 4) is 0 Å². The molecule has 2 rings (SSSR count). The number of rotatable bonds is 5. The number of nitrogens with one attached hydrogen (secondary N) is 1. The Morgan fingerprint density at radius 1 is 1.35 bits per heavy atom. The van der Waals surface area contributed by atoms with Crippen LogP contribution in [0.1, 0.15) is 10.4 Å². The van der Waals surface area contributed by atoms with E-state index >= 15 is 0 Å². The van der Waals surface area contributed by atoms with E-state index in [0.29, 0.717) is 16.1 Å². The van der Waals surface area contributed by atoms with Crippen molar-refractivity contribution in [2.24, 2.45) is 0 Å². The Bertz CT molecular complexity index is 707. The minimum atomic E-state index is -3.69. The second kappa shape index (κ2) is 6.17. The van der Waals surface area contributed by atoms with E-state index in [4.69, 9.17) is 0 Å².